The first-order chi connectivity index (χ1) is 6.91. The van der Waals surface area contributed by atoms with Gasteiger partial charge in [0.15, 0.2) is 0 Å². The lowest BCUT2D eigenvalue weighted by atomic mass is 9.71. The monoisotopic (exact) mass is 212 g/mol. The maximum atomic E-state index is 11.1. The fraction of sp³-hybridized carbons (Fsp3) is 0.923. The number of ether oxygens (including phenoxy) is 1. The molecule has 3 unspecified atom stereocenters. The third-order valence-electron chi connectivity index (χ3n) is 4.20. The Kier molecular flexibility index (Phi) is 3.80. The summed E-state index contributed by atoms with van der Waals surface area (Å²) in [6, 6.07) is 0. The van der Waals surface area contributed by atoms with Gasteiger partial charge in [0.2, 0.25) is 0 Å². The Labute approximate surface area is 93.4 Å². The second-order valence-electron chi connectivity index (χ2n) is 5.39. The molecule has 0 aliphatic heterocycles. The van der Waals surface area contributed by atoms with Gasteiger partial charge in [-0.05, 0) is 31.1 Å². The third kappa shape index (κ3) is 2.35. The van der Waals surface area contributed by atoms with E-state index in [0.717, 1.165) is 12.8 Å². The van der Waals surface area contributed by atoms with E-state index in [2.05, 4.69) is 27.7 Å². The number of esters is 1. The summed E-state index contributed by atoms with van der Waals surface area (Å²) in [5, 5.41) is 0. The summed E-state index contributed by atoms with van der Waals surface area (Å²) < 4.78 is 5.46. The first kappa shape index (κ1) is 12.5. The highest BCUT2D eigenvalue weighted by molar-refractivity contribution is 5.66. The van der Waals surface area contributed by atoms with Crippen LogP contribution >= 0.6 is 0 Å². The Balaban J connectivity index is 2.80. The van der Waals surface area contributed by atoms with Gasteiger partial charge in [-0.25, -0.2) is 0 Å². The number of hydrogen-bond acceptors (Lipinski definition) is 2. The minimum absolute atomic E-state index is 0.132. The van der Waals surface area contributed by atoms with Crippen LogP contribution in [0.3, 0.4) is 0 Å². The summed E-state index contributed by atoms with van der Waals surface area (Å²) in [6.45, 7) is 10.5. The van der Waals surface area contributed by atoms with Crippen LogP contribution in [0, 0.1) is 17.3 Å². The molecule has 0 amide bonds. The van der Waals surface area contributed by atoms with Gasteiger partial charge in [0.1, 0.15) is 6.10 Å². The standard InChI is InChI=1S/C13H24O2/c1-6-13(5)11(9(2)3)7-8-12(13)15-10(4)14/h9,11-12H,6-8H2,1-5H3. The highest BCUT2D eigenvalue weighted by Gasteiger charge is 2.48. The average molecular weight is 212 g/mol. The third-order valence-corrected chi connectivity index (χ3v) is 4.20. The van der Waals surface area contributed by atoms with Gasteiger partial charge in [-0.2, -0.15) is 0 Å². The highest BCUT2D eigenvalue weighted by Crippen LogP contribution is 2.50. The topological polar surface area (TPSA) is 26.3 Å². The molecule has 1 fully saturated rings. The predicted molar refractivity (Wildman–Crippen MR) is 61.5 cm³/mol. The predicted octanol–water partition coefficient (Wildman–Crippen LogP) is 3.40. The largest absolute Gasteiger partial charge is 0.462 e. The van der Waals surface area contributed by atoms with Gasteiger partial charge >= 0.3 is 5.97 Å². The van der Waals surface area contributed by atoms with Gasteiger partial charge in [-0.3, -0.25) is 4.79 Å². The maximum Gasteiger partial charge on any atom is 0.302 e. The van der Waals surface area contributed by atoms with E-state index >= 15 is 0 Å². The number of carbonyl (C=O) groups excluding carboxylic acids is 1. The number of rotatable bonds is 3. The molecule has 1 aliphatic rings. The van der Waals surface area contributed by atoms with Crippen molar-refractivity contribution < 1.29 is 9.53 Å². The maximum absolute atomic E-state index is 11.1. The summed E-state index contributed by atoms with van der Waals surface area (Å²) >= 11 is 0. The van der Waals surface area contributed by atoms with E-state index < -0.39 is 0 Å². The lowest BCUT2D eigenvalue weighted by Gasteiger charge is -2.37. The van der Waals surface area contributed by atoms with E-state index in [9.17, 15) is 4.79 Å². The molecule has 1 aliphatic carbocycles. The molecule has 0 radical (unpaired) electrons. The zero-order valence-corrected chi connectivity index (χ0v) is 10.7. The molecule has 0 aromatic carbocycles. The van der Waals surface area contributed by atoms with Crippen molar-refractivity contribution in [1.82, 2.24) is 0 Å². The van der Waals surface area contributed by atoms with Crippen LogP contribution in [0.2, 0.25) is 0 Å². The molecular formula is C13H24O2. The minimum atomic E-state index is -0.135. The lowest BCUT2D eigenvalue weighted by Crippen LogP contribution is -2.36. The fourth-order valence-corrected chi connectivity index (χ4v) is 3.21. The summed E-state index contributed by atoms with van der Waals surface area (Å²) in [7, 11) is 0. The molecule has 15 heavy (non-hydrogen) atoms. The van der Waals surface area contributed by atoms with Crippen LogP contribution in [-0.2, 0) is 9.53 Å². The lowest BCUT2D eigenvalue weighted by molar-refractivity contribution is -0.152. The van der Waals surface area contributed by atoms with Crippen molar-refractivity contribution in [1.29, 1.82) is 0 Å². The molecule has 0 N–H and O–H groups in total. The van der Waals surface area contributed by atoms with Crippen molar-refractivity contribution in [3.63, 3.8) is 0 Å². The van der Waals surface area contributed by atoms with Gasteiger partial charge in [-0.1, -0.05) is 27.7 Å². The first-order valence-electron chi connectivity index (χ1n) is 6.09. The molecule has 1 rings (SSSR count). The van der Waals surface area contributed by atoms with Gasteiger partial charge < -0.3 is 4.74 Å². The molecule has 0 aromatic rings. The Morgan fingerprint density at radius 2 is 2.07 bits per heavy atom. The van der Waals surface area contributed by atoms with E-state index in [1.165, 1.54) is 13.3 Å². The molecule has 0 spiro atoms. The molecule has 1 saturated carbocycles. The van der Waals surface area contributed by atoms with E-state index in [1.54, 1.807) is 0 Å². The molecule has 2 heteroatoms. The second-order valence-corrected chi connectivity index (χ2v) is 5.39. The summed E-state index contributed by atoms with van der Waals surface area (Å²) in [4.78, 5) is 11.1. The Hall–Kier alpha value is -0.530. The zero-order valence-electron chi connectivity index (χ0n) is 10.7. The fourth-order valence-electron chi connectivity index (χ4n) is 3.21. The van der Waals surface area contributed by atoms with Crippen molar-refractivity contribution in [3.05, 3.63) is 0 Å². The van der Waals surface area contributed by atoms with Crippen LogP contribution in [0.4, 0.5) is 0 Å². The Morgan fingerprint density at radius 1 is 1.47 bits per heavy atom. The van der Waals surface area contributed by atoms with E-state index in [1.807, 2.05) is 0 Å². The molecular weight excluding hydrogens is 188 g/mol. The Bertz CT molecular complexity index is 235. The smallest absolute Gasteiger partial charge is 0.302 e. The average Bonchev–Trinajstić information content (AvgIpc) is 2.44. The van der Waals surface area contributed by atoms with Crippen LogP contribution in [0.15, 0.2) is 0 Å². The summed E-state index contributed by atoms with van der Waals surface area (Å²) in [6.07, 6.45) is 3.45. The summed E-state index contributed by atoms with van der Waals surface area (Å²) in [5.74, 6) is 1.23. The molecule has 0 saturated heterocycles. The highest BCUT2D eigenvalue weighted by atomic mass is 16.5. The van der Waals surface area contributed by atoms with E-state index in [0.29, 0.717) is 11.8 Å². The van der Waals surface area contributed by atoms with Crippen LogP contribution in [0.5, 0.6) is 0 Å². The Morgan fingerprint density at radius 3 is 2.47 bits per heavy atom. The number of hydrogen-bond donors (Lipinski definition) is 0. The van der Waals surface area contributed by atoms with Crippen molar-refractivity contribution in [2.75, 3.05) is 0 Å². The molecule has 88 valence electrons. The van der Waals surface area contributed by atoms with E-state index in [4.69, 9.17) is 4.74 Å². The van der Waals surface area contributed by atoms with Crippen LogP contribution < -0.4 is 0 Å². The zero-order chi connectivity index (χ0) is 11.6. The summed E-state index contributed by atoms with van der Waals surface area (Å²) in [5.41, 5.74) is 0.180. The van der Waals surface area contributed by atoms with Crippen molar-refractivity contribution in [2.45, 2.75) is 60.0 Å². The molecule has 2 nitrogen and oxygen atoms in total. The normalized spacial score (nSPS) is 35.9. The van der Waals surface area contributed by atoms with Crippen LogP contribution in [0.1, 0.15) is 53.9 Å². The number of carbonyl (C=O) groups is 1. The van der Waals surface area contributed by atoms with Gasteiger partial charge in [0.25, 0.3) is 0 Å². The van der Waals surface area contributed by atoms with Crippen molar-refractivity contribution in [2.24, 2.45) is 17.3 Å². The quantitative estimate of drug-likeness (QED) is 0.670. The van der Waals surface area contributed by atoms with Gasteiger partial charge in [0.05, 0.1) is 0 Å². The van der Waals surface area contributed by atoms with E-state index in [-0.39, 0.29) is 17.5 Å². The van der Waals surface area contributed by atoms with Crippen molar-refractivity contribution >= 4 is 5.97 Å². The van der Waals surface area contributed by atoms with Gasteiger partial charge in [-0.15, -0.1) is 0 Å². The SMILES string of the molecule is CCC1(C)C(OC(C)=O)CCC1C(C)C. The van der Waals surface area contributed by atoms with Crippen LogP contribution in [0.25, 0.3) is 0 Å². The molecule has 0 bridgehead atoms. The molecule has 3 atom stereocenters. The van der Waals surface area contributed by atoms with Crippen molar-refractivity contribution in [3.8, 4) is 0 Å². The molecule has 0 heterocycles. The van der Waals surface area contributed by atoms with Crippen LogP contribution in [-0.4, -0.2) is 12.1 Å². The minimum Gasteiger partial charge on any atom is -0.462 e. The van der Waals surface area contributed by atoms with Gasteiger partial charge in [0, 0.05) is 12.3 Å². The first-order valence-corrected chi connectivity index (χ1v) is 6.09. The second kappa shape index (κ2) is 4.54. The molecule has 0 aromatic heterocycles.